The van der Waals surface area contributed by atoms with Crippen molar-refractivity contribution in [3.63, 3.8) is 0 Å². The highest BCUT2D eigenvalue weighted by Gasteiger charge is 2.34. The molecule has 0 spiro atoms. The molecule has 0 saturated heterocycles. The Balaban J connectivity index is 1.55. The van der Waals surface area contributed by atoms with Gasteiger partial charge in [0.15, 0.2) is 0 Å². The number of hydrogen-bond donors (Lipinski definition) is 1. The Hall–Kier alpha value is -2.95. The van der Waals surface area contributed by atoms with Gasteiger partial charge >= 0.3 is 0 Å². The molecule has 122 valence electrons. The Kier molecular flexibility index (Phi) is 4.42. The highest BCUT2D eigenvalue weighted by atomic mass is 16.2. The molecule has 5 heteroatoms. The summed E-state index contributed by atoms with van der Waals surface area (Å²) in [6.07, 6.45) is 0.0946. The molecule has 24 heavy (non-hydrogen) atoms. The SMILES string of the molecule is Cc1ccccc1CNC(=O)CCN1C(=O)c2ccccc2C1=O. The molecule has 5 nitrogen and oxygen atoms in total. The third-order valence-corrected chi connectivity index (χ3v) is 4.18. The van der Waals surface area contributed by atoms with Gasteiger partial charge in [0.2, 0.25) is 5.91 Å². The van der Waals surface area contributed by atoms with Gasteiger partial charge in [0.1, 0.15) is 0 Å². The molecular formula is C19H18N2O3. The molecule has 0 radical (unpaired) electrons. The van der Waals surface area contributed by atoms with Gasteiger partial charge in [0, 0.05) is 19.5 Å². The molecule has 3 rings (SSSR count). The summed E-state index contributed by atoms with van der Waals surface area (Å²) in [5.41, 5.74) is 2.97. The predicted molar refractivity (Wildman–Crippen MR) is 89.5 cm³/mol. The summed E-state index contributed by atoms with van der Waals surface area (Å²) >= 11 is 0. The van der Waals surface area contributed by atoms with E-state index in [0.29, 0.717) is 17.7 Å². The van der Waals surface area contributed by atoms with E-state index in [-0.39, 0.29) is 30.7 Å². The Bertz CT molecular complexity index is 779. The maximum Gasteiger partial charge on any atom is 0.261 e. The normalized spacial score (nSPS) is 13.1. The van der Waals surface area contributed by atoms with Crippen molar-refractivity contribution in [3.05, 3.63) is 70.8 Å². The summed E-state index contributed by atoms with van der Waals surface area (Å²) in [4.78, 5) is 37.6. The van der Waals surface area contributed by atoms with Gasteiger partial charge in [-0.3, -0.25) is 19.3 Å². The fourth-order valence-electron chi connectivity index (χ4n) is 2.75. The Morgan fingerprint density at radius 3 is 2.17 bits per heavy atom. The molecular weight excluding hydrogens is 304 g/mol. The van der Waals surface area contributed by atoms with E-state index in [1.165, 1.54) is 0 Å². The minimum absolute atomic E-state index is 0.0892. The van der Waals surface area contributed by atoms with Crippen molar-refractivity contribution in [1.82, 2.24) is 10.2 Å². The number of fused-ring (bicyclic) bond motifs is 1. The molecule has 2 aromatic carbocycles. The first-order chi connectivity index (χ1) is 11.6. The van der Waals surface area contributed by atoms with E-state index >= 15 is 0 Å². The number of imide groups is 1. The van der Waals surface area contributed by atoms with Gasteiger partial charge in [0.05, 0.1) is 11.1 Å². The minimum atomic E-state index is -0.331. The molecule has 1 aliphatic heterocycles. The summed E-state index contributed by atoms with van der Waals surface area (Å²) in [7, 11) is 0. The number of amides is 3. The standard InChI is InChI=1S/C19H18N2O3/c1-13-6-2-3-7-14(13)12-20-17(22)10-11-21-18(23)15-8-4-5-9-16(15)19(21)24/h2-9H,10-12H2,1H3,(H,20,22). The minimum Gasteiger partial charge on any atom is -0.352 e. The van der Waals surface area contributed by atoms with Crippen molar-refractivity contribution in [2.45, 2.75) is 19.9 Å². The molecule has 1 N–H and O–H groups in total. The number of nitrogens with one attached hydrogen (secondary N) is 1. The lowest BCUT2D eigenvalue weighted by Crippen LogP contribution is -2.34. The second-order valence-electron chi connectivity index (χ2n) is 5.76. The van der Waals surface area contributed by atoms with Crippen molar-refractivity contribution in [2.24, 2.45) is 0 Å². The molecule has 0 bridgehead atoms. The number of benzene rings is 2. The summed E-state index contributed by atoms with van der Waals surface area (Å²) in [6, 6.07) is 14.5. The molecule has 0 aliphatic carbocycles. The van der Waals surface area contributed by atoms with E-state index < -0.39 is 0 Å². The van der Waals surface area contributed by atoms with E-state index in [1.54, 1.807) is 24.3 Å². The van der Waals surface area contributed by atoms with Gasteiger partial charge in [-0.15, -0.1) is 0 Å². The molecule has 1 aliphatic rings. The van der Waals surface area contributed by atoms with Crippen LogP contribution in [-0.2, 0) is 11.3 Å². The Morgan fingerprint density at radius 2 is 1.54 bits per heavy atom. The third kappa shape index (κ3) is 3.06. The monoisotopic (exact) mass is 322 g/mol. The summed E-state index contributed by atoms with van der Waals surface area (Å²) in [6.45, 7) is 2.51. The first-order valence-electron chi connectivity index (χ1n) is 7.84. The largest absolute Gasteiger partial charge is 0.352 e. The molecule has 2 aromatic rings. The van der Waals surface area contributed by atoms with Crippen LogP contribution in [0.4, 0.5) is 0 Å². The highest BCUT2D eigenvalue weighted by molar-refractivity contribution is 6.21. The lowest BCUT2D eigenvalue weighted by atomic mass is 10.1. The zero-order valence-electron chi connectivity index (χ0n) is 13.4. The van der Waals surface area contributed by atoms with E-state index in [2.05, 4.69) is 5.32 Å². The second kappa shape index (κ2) is 6.66. The van der Waals surface area contributed by atoms with Crippen molar-refractivity contribution in [2.75, 3.05) is 6.54 Å². The first-order valence-corrected chi connectivity index (χ1v) is 7.84. The molecule has 1 heterocycles. The topological polar surface area (TPSA) is 66.5 Å². The first kappa shape index (κ1) is 15.9. The van der Waals surface area contributed by atoms with E-state index in [4.69, 9.17) is 0 Å². The quantitative estimate of drug-likeness (QED) is 0.859. The average molecular weight is 322 g/mol. The smallest absolute Gasteiger partial charge is 0.261 e. The lowest BCUT2D eigenvalue weighted by molar-refractivity contribution is -0.121. The zero-order chi connectivity index (χ0) is 17.1. The van der Waals surface area contributed by atoms with Crippen LogP contribution in [0.5, 0.6) is 0 Å². The molecule has 3 amide bonds. The predicted octanol–water partition coefficient (Wildman–Crippen LogP) is 2.30. The van der Waals surface area contributed by atoms with Crippen molar-refractivity contribution < 1.29 is 14.4 Å². The highest BCUT2D eigenvalue weighted by Crippen LogP contribution is 2.22. The van der Waals surface area contributed by atoms with Crippen LogP contribution in [0.2, 0.25) is 0 Å². The zero-order valence-corrected chi connectivity index (χ0v) is 13.4. The molecule has 0 saturated carbocycles. The summed E-state index contributed by atoms with van der Waals surface area (Å²) < 4.78 is 0. The van der Waals surface area contributed by atoms with E-state index in [1.807, 2.05) is 31.2 Å². The van der Waals surface area contributed by atoms with E-state index in [0.717, 1.165) is 16.0 Å². The van der Waals surface area contributed by atoms with Crippen molar-refractivity contribution >= 4 is 17.7 Å². The van der Waals surface area contributed by atoms with Crippen LogP contribution in [-0.4, -0.2) is 29.2 Å². The number of hydrogen-bond acceptors (Lipinski definition) is 3. The Labute approximate surface area is 140 Å². The second-order valence-corrected chi connectivity index (χ2v) is 5.76. The number of aryl methyl sites for hydroxylation is 1. The van der Waals surface area contributed by atoms with Gasteiger partial charge in [0.25, 0.3) is 11.8 Å². The third-order valence-electron chi connectivity index (χ3n) is 4.18. The van der Waals surface area contributed by atoms with Gasteiger partial charge in [-0.1, -0.05) is 36.4 Å². The number of nitrogens with zero attached hydrogens (tertiary/aromatic N) is 1. The van der Waals surface area contributed by atoms with E-state index in [9.17, 15) is 14.4 Å². The van der Waals surface area contributed by atoms with Gasteiger partial charge in [-0.05, 0) is 30.2 Å². The van der Waals surface area contributed by atoms with Crippen LogP contribution in [0, 0.1) is 6.92 Å². The van der Waals surface area contributed by atoms with Crippen LogP contribution in [0.25, 0.3) is 0 Å². The molecule has 0 aromatic heterocycles. The number of rotatable bonds is 5. The molecule has 0 atom stereocenters. The van der Waals surface area contributed by atoms with Crippen LogP contribution in [0.3, 0.4) is 0 Å². The van der Waals surface area contributed by atoms with Crippen molar-refractivity contribution in [3.8, 4) is 0 Å². The number of carbonyl (C=O) groups is 3. The molecule has 0 unspecified atom stereocenters. The maximum absolute atomic E-state index is 12.2. The summed E-state index contributed by atoms with van der Waals surface area (Å²) in [5, 5.41) is 2.83. The van der Waals surface area contributed by atoms with Gasteiger partial charge < -0.3 is 5.32 Å². The van der Waals surface area contributed by atoms with Gasteiger partial charge in [-0.2, -0.15) is 0 Å². The summed E-state index contributed by atoms with van der Waals surface area (Å²) in [5.74, 6) is -0.848. The van der Waals surface area contributed by atoms with Crippen LogP contribution in [0.1, 0.15) is 38.3 Å². The van der Waals surface area contributed by atoms with Crippen LogP contribution >= 0.6 is 0 Å². The van der Waals surface area contributed by atoms with Crippen LogP contribution in [0.15, 0.2) is 48.5 Å². The maximum atomic E-state index is 12.2. The fourth-order valence-corrected chi connectivity index (χ4v) is 2.75. The van der Waals surface area contributed by atoms with Gasteiger partial charge in [-0.25, -0.2) is 0 Å². The van der Waals surface area contributed by atoms with Crippen LogP contribution < -0.4 is 5.32 Å². The lowest BCUT2D eigenvalue weighted by Gasteiger charge is -2.14. The average Bonchev–Trinajstić information content (AvgIpc) is 2.84. The fraction of sp³-hybridized carbons (Fsp3) is 0.211. The number of carbonyl (C=O) groups excluding carboxylic acids is 3. The van der Waals surface area contributed by atoms with Crippen molar-refractivity contribution in [1.29, 1.82) is 0 Å². The molecule has 0 fully saturated rings. The Morgan fingerprint density at radius 1 is 0.958 bits per heavy atom.